The molecule has 1 N–H and O–H groups in total. The minimum atomic E-state index is 0.0729. The molecule has 0 heterocycles. The molecule has 0 aromatic rings. The van der Waals surface area contributed by atoms with Gasteiger partial charge in [0, 0.05) is 0 Å². The smallest absolute Gasteiger partial charge is 0.0656 e. The fourth-order valence-electron chi connectivity index (χ4n) is 4.21. The maximum absolute atomic E-state index is 3.36. The molecule has 6 aliphatic rings. The average molecular weight is 448 g/mol. The number of nitrogens with one attached hydrogen (secondary N) is 1. The van der Waals surface area contributed by atoms with Gasteiger partial charge in [-0.1, -0.05) is 106 Å². The van der Waals surface area contributed by atoms with Gasteiger partial charge in [-0.05, 0) is 88.5 Å². The number of hydrogen-bond donors (Lipinski definition) is 1. The highest BCUT2D eigenvalue weighted by Gasteiger charge is 2.34. The van der Waals surface area contributed by atoms with Gasteiger partial charge in [0.1, 0.15) is 0 Å². The van der Waals surface area contributed by atoms with Crippen LogP contribution in [-0.2, 0) is 0 Å². The highest BCUT2D eigenvalue weighted by molar-refractivity contribution is 5.47. The van der Waals surface area contributed by atoms with Gasteiger partial charge in [0.2, 0.25) is 0 Å². The van der Waals surface area contributed by atoms with Crippen molar-refractivity contribution in [2.45, 2.75) is 92.0 Å². The van der Waals surface area contributed by atoms with Gasteiger partial charge in [-0.15, -0.1) is 0 Å². The lowest BCUT2D eigenvalue weighted by Gasteiger charge is -2.34. The van der Waals surface area contributed by atoms with E-state index in [9.17, 15) is 0 Å². The van der Waals surface area contributed by atoms with Crippen LogP contribution in [0.2, 0.25) is 0 Å². The zero-order valence-electron chi connectivity index (χ0n) is 22.5. The number of hydrogen-bond acceptors (Lipinski definition) is 1. The number of rotatable bonds is 1. The Kier molecular flexibility index (Phi) is 14.4. The Hall–Kier alpha value is -2.12. The molecule has 2 atom stereocenters. The van der Waals surface area contributed by atoms with Crippen molar-refractivity contribution >= 4 is 0 Å². The van der Waals surface area contributed by atoms with Gasteiger partial charge in [0.25, 0.3) is 0 Å². The molecule has 0 spiro atoms. The van der Waals surface area contributed by atoms with E-state index < -0.39 is 0 Å². The summed E-state index contributed by atoms with van der Waals surface area (Å²) in [6.07, 6.45) is 35.3. The molecule has 0 radical (unpaired) electrons. The molecule has 2 saturated carbocycles. The predicted molar refractivity (Wildman–Crippen MR) is 151 cm³/mol. The van der Waals surface area contributed by atoms with Crippen LogP contribution in [0.15, 0.2) is 95.2 Å². The van der Waals surface area contributed by atoms with Gasteiger partial charge in [-0.2, -0.15) is 0 Å². The molecule has 0 aromatic carbocycles. The number of fused-ring (bicyclic) bond motifs is 3. The Morgan fingerprint density at radius 2 is 1.55 bits per heavy atom. The molecular formula is C32H49N. The molecule has 1 heteroatoms. The standard InChI is InChI=1S/C11H13N.C8H10.C5H6.C4H8.2C2H6/c1-12-11-8-4-2-6-10(11)7-3-5-9-11;1-3-7-5-2-6-8(7)4-1;1-2-5-3-4(1)5;1-3-4-2;2*1-2/h2-8,12H,9H2,1H3;3-4H,1-2,5-6H2;1,5H,2-3H2;3-4H,1-2H3;2*1-2H3/b;;;4-3-;;. The lowest BCUT2D eigenvalue weighted by Crippen LogP contribution is -2.43. The summed E-state index contributed by atoms with van der Waals surface area (Å²) in [7, 11) is 2.01. The highest BCUT2D eigenvalue weighted by atomic mass is 14.9. The van der Waals surface area contributed by atoms with E-state index in [4.69, 9.17) is 0 Å². The number of allylic oxidation sites excluding steroid dienone is 12. The molecule has 6 rings (SSSR count). The highest BCUT2D eigenvalue weighted by Crippen LogP contribution is 2.49. The number of likely N-dealkylation sites (N-methyl/N-ethyl adjacent to an activating group) is 1. The fourth-order valence-corrected chi connectivity index (χ4v) is 4.21. The SMILES string of the molecule is C/C=C\C.C1=C2CC2C1.C1=C2CCCC2=CC1.CC.CC.CNC12C=CC=CC1=CC=CC2. The van der Waals surface area contributed by atoms with E-state index >= 15 is 0 Å². The summed E-state index contributed by atoms with van der Waals surface area (Å²) in [5.41, 5.74) is 6.44. The lowest BCUT2D eigenvalue weighted by molar-refractivity contribution is 0.515. The summed E-state index contributed by atoms with van der Waals surface area (Å²) in [6, 6.07) is 0. The van der Waals surface area contributed by atoms with Crippen molar-refractivity contribution in [3.8, 4) is 0 Å². The van der Waals surface area contributed by atoms with Crippen molar-refractivity contribution in [3.63, 3.8) is 0 Å². The van der Waals surface area contributed by atoms with Crippen molar-refractivity contribution < 1.29 is 0 Å². The Morgan fingerprint density at radius 1 is 0.909 bits per heavy atom. The predicted octanol–water partition coefficient (Wildman–Crippen LogP) is 9.35. The normalized spacial score (nSPS) is 25.4. The summed E-state index contributed by atoms with van der Waals surface area (Å²) < 4.78 is 0. The maximum Gasteiger partial charge on any atom is 0.0656 e. The van der Waals surface area contributed by atoms with E-state index in [1.54, 1.807) is 16.7 Å². The molecule has 0 saturated heterocycles. The average Bonchev–Trinajstić information content (AvgIpc) is 3.24. The summed E-state index contributed by atoms with van der Waals surface area (Å²) in [4.78, 5) is 0. The summed E-state index contributed by atoms with van der Waals surface area (Å²) in [5.74, 6) is 1.09. The Morgan fingerprint density at radius 3 is 1.97 bits per heavy atom. The molecule has 2 fully saturated rings. The Bertz CT molecular complexity index is 785. The maximum atomic E-state index is 3.36. The van der Waals surface area contributed by atoms with Gasteiger partial charge in [-0.25, -0.2) is 0 Å². The minimum absolute atomic E-state index is 0.0729. The molecule has 0 amide bonds. The van der Waals surface area contributed by atoms with E-state index in [-0.39, 0.29) is 5.54 Å². The molecule has 0 aliphatic heterocycles. The Labute approximate surface area is 205 Å². The summed E-state index contributed by atoms with van der Waals surface area (Å²) in [6.45, 7) is 12.0. The third kappa shape index (κ3) is 8.97. The zero-order valence-corrected chi connectivity index (χ0v) is 22.5. The first-order valence-corrected chi connectivity index (χ1v) is 13.3. The second-order valence-corrected chi connectivity index (χ2v) is 8.32. The third-order valence-corrected chi connectivity index (χ3v) is 6.46. The second-order valence-electron chi connectivity index (χ2n) is 8.32. The van der Waals surface area contributed by atoms with Gasteiger partial charge in [0.05, 0.1) is 5.54 Å². The Balaban J connectivity index is 0.000000225. The fraction of sp³-hybridized carbons (Fsp3) is 0.500. The van der Waals surface area contributed by atoms with Crippen molar-refractivity contribution in [1.82, 2.24) is 5.32 Å². The van der Waals surface area contributed by atoms with Gasteiger partial charge >= 0.3 is 0 Å². The van der Waals surface area contributed by atoms with Gasteiger partial charge in [-0.3, -0.25) is 0 Å². The van der Waals surface area contributed by atoms with Crippen LogP contribution in [0, 0.1) is 5.92 Å². The second kappa shape index (κ2) is 16.5. The quantitative estimate of drug-likeness (QED) is 0.395. The van der Waals surface area contributed by atoms with E-state index in [2.05, 4.69) is 66.1 Å². The molecule has 2 unspecified atom stereocenters. The first-order chi connectivity index (χ1) is 16.2. The van der Waals surface area contributed by atoms with Gasteiger partial charge in [0.15, 0.2) is 0 Å². The van der Waals surface area contributed by atoms with Crippen LogP contribution in [-0.4, -0.2) is 12.6 Å². The summed E-state index contributed by atoms with van der Waals surface area (Å²) >= 11 is 0. The van der Waals surface area contributed by atoms with Crippen LogP contribution >= 0.6 is 0 Å². The summed E-state index contributed by atoms with van der Waals surface area (Å²) in [5, 5.41) is 3.36. The molecule has 0 bridgehead atoms. The van der Waals surface area contributed by atoms with E-state index in [0.29, 0.717) is 0 Å². The lowest BCUT2D eigenvalue weighted by atomic mass is 9.80. The van der Waals surface area contributed by atoms with E-state index in [1.165, 1.54) is 44.1 Å². The van der Waals surface area contributed by atoms with Crippen molar-refractivity contribution in [1.29, 1.82) is 0 Å². The van der Waals surface area contributed by atoms with Crippen molar-refractivity contribution in [2.75, 3.05) is 7.05 Å². The molecular weight excluding hydrogens is 398 g/mol. The topological polar surface area (TPSA) is 12.0 Å². The molecule has 1 nitrogen and oxygen atoms in total. The van der Waals surface area contributed by atoms with Crippen LogP contribution in [0.4, 0.5) is 0 Å². The van der Waals surface area contributed by atoms with Crippen LogP contribution in [0.5, 0.6) is 0 Å². The van der Waals surface area contributed by atoms with Crippen molar-refractivity contribution in [3.05, 3.63) is 95.2 Å². The van der Waals surface area contributed by atoms with Gasteiger partial charge < -0.3 is 5.32 Å². The first kappa shape index (κ1) is 28.9. The third-order valence-electron chi connectivity index (χ3n) is 6.46. The van der Waals surface area contributed by atoms with Crippen LogP contribution < -0.4 is 5.32 Å². The zero-order chi connectivity index (χ0) is 24.5. The van der Waals surface area contributed by atoms with Crippen LogP contribution in [0.25, 0.3) is 0 Å². The molecule has 0 aromatic heterocycles. The molecule has 33 heavy (non-hydrogen) atoms. The van der Waals surface area contributed by atoms with E-state index in [0.717, 1.165) is 12.3 Å². The molecule has 182 valence electrons. The molecule has 6 aliphatic carbocycles. The first-order valence-electron chi connectivity index (χ1n) is 13.3. The largest absolute Gasteiger partial charge is 0.307 e. The van der Waals surface area contributed by atoms with Crippen LogP contribution in [0.3, 0.4) is 0 Å². The monoisotopic (exact) mass is 447 g/mol. The minimum Gasteiger partial charge on any atom is -0.307 e. The van der Waals surface area contributed by atoms with Crippen molar-refractivity contribution in [2.24, 2.45) is 5.92 Å². The van der Waals surface area contributed by atoms with Crippen LogP contribution in [0.1, 0.15) is 86.5 Å². The van der Waals surface area contributed by atoms with E-state index in [1.807, 2.05) is 60.7 Å².